The molecule has 5 nitrogen and oxygen atoms in total. The van der Waals surface area contributed by atoms with Gasteiger partial charge in [0.25, 0.3) is 5.91 Å². The summed E-state index contributed by atoms with van der Waals surface area (Å²) in [5.41, 5.74) is 1.42. The summed E-state index contributed by atoms with van der Waals surface area (Å²) in [6.07, 6.45) is 10.1. The van der Waals surface area contributed by atoms with Crippen LogP contribution in [0.25, 0.3) is 0 Å². The minimum Gasteiger partial charge on any atom is -0.352 e. The Morgan fingerprint density at radius 3 is 2.88 bits per heavy atom. The molecule has 6 heteroatoms. The van der Waals surface area contributed by atoms with Gasteiger partial charge in [-0.2, -0.15) is 10.2 Å². The lowest BCUT2D eigenvalue weighted by molar-refractivity contribution is 0.0952. The molecular weight excluding hydrogens is 332 g/mol. The lowest BCUT2D eigenvalue weighted by Gasteiger charge is -2.10. The quantitative estimate of drug-likeness (QED) is 0.736. The van der Waals surface area contributed by atoms with Crippen LogP contribution in [0.5, 0.6) is 0 Å². The van der Waals surface area contributed by atoms with E-state index in [-0.39, 0.29) is 11.6 Å². The highest BCUT2D eigenvalue weighted by Crippen LogP contribution is 2.36. The minimum atomic E-state index is -0.356. The van der Waals surface area contributed by atoms with Gasteiger partial charge < -0.3 is 5.32 Å². The first-order chi connectivity index (χ1) is 12.1. The predicted molar refractivity (Wildman–Crippen MR) is 98.7 cm³/mol. The third-order valence-corrected chi connectivity index (χ3v) is 5.01. The van der Waals surface area contributed by atoms with E-state index in [1.165, 1.54) is 4.88 Å². The second-order valence-corrected chi connectivity index (χ2v) is 7.43. The number of hydrogen-bond acceptors (Lipinski definition) is 5. The van der Waals surface area contributed by atoms with Gasteiger partial charge in [-0.1, -0.05) is 12.1 Å². The maximum absolute atomic E-state index is 12.4. The number of amides is 1. The smallest absolute Gasteiger partial charge is 0.251 e. The van der Waals surface area contributed by atoms with Crippen molar-refractivity contribution in [2.24, 2.45) is 10.2 Å². The number of benzene rings is 1. The maximum atomic E-state index is 12.4. The van der Waals surface area contributed by atoms with Crippen molar-refractivity contribution in [2.45, 2.75) is 38.3 Å². The molecule has 0 atom stereocenters. The Labute approximate surface area is 151 Å². The number of carbonyl (C=O) groups is 1. The van der Waals surface area contributed by atoms with Crippen LogP contribution in [0.1, 0.15) is 45.1 Å². The molecule has 1 aliphatic rings. The zero-order valence-electron chi connectivity index (χ0n) is 14.2. The van der Waals surface area contributed by atoms with Crippen LogP contribution in [-0.2, 0) is 6.42 Å². The first kappa shape index (κ1) is 17.3. The number of nitrogens with one attached hydrogen (secondary N) is 1. The normalized spacial score (nSPS) is 14.1. The molecule has 2 heterocycles. The number of aromatic nitrogens is 1. The summed E-state index contributed by atoms with van der Waals surface area (Å²) in [4.78, 5) is 17.8. The number of thiazole rings is 1. The Bertz CT molecular complexity index is 828. The number of aryl methyl sites for hydroxylation is 1. The van der Waals surface area contributed by atoms with Crippen LogP contribution in [0, 0.1) is 19.3 Å². The monoisotopic (exact) mass is 352 g/mol. The van der Waals surface area contributed by atoms with Gasteiger partial charge in [-0.25, -0.2) is 4.98 Å². The van der Waals surface area contributed by atoms with E-state index < -0.39 is 0 Å². The molecular formula is C19H20N4OS. The van der Waals surface area contributed by atoms with Crippen LogP contribution in [0.2, 0.25) is 0 Å². The molecule has 1 aromatic heterocycles. The van der Waals surface area contributed by atoms with E-state index in [1.54, 1.807) is 11.3 Å². The van der Waals surface area contributed by atoms with Gasteiger partial charge in [0.2, 0.25) is 0 Å². The molecule has 0 unspecified atom stereocenters. The van der Waals surface area contributed by atoms with Crippen LogP contribution in [0.15, 0.2) is 40.7 Å². The van der Waals surface area contributed by atoms with Crippen LogP contribution in [-0.4, -0.2) is 23.1 Å². The molecule has 1 amide bonds. The van der Waals surface area contributed by atoms with Crippen LogP contribution in [0.4, 0.5) is 0 Å². The zero-order chi connectivity index (χ0) is 17.7. The third-order valence-electron chi connectivity index (χ3n) is 4.10. The lowest BCUT2D eigenvalue weighted by Crippen LogP contribution is -2.28. The standard InChI is InChI=1S/C19H20N4OS/c1-3-4-8-19(22-23-19)9-10-20-18(24)16-7-5-6-15(11-16)12-17-13-21-14(2)25-17/h1,5-7,11,13H,4,8-10,12H2,2H3,(H,20,24). The van der Waals surface area contributed by atoms with Crippen LogP contribution in [0.3, 0.4) is 0 Å². The zero-order valence-corrected chi connectivity index (χ0v) is 15.0. The Kier molecular flexibility index (Phi) is 5.25. The van der Waals surface area contributed by atoms with Crippen LogP contribution < -0.4 is 5.32 Å². The van der Waals surface area contributed by atoms with E-state index in [0.29, 0.717) is 24.9 Å². The summed E-state index contributed by atoms with van der Waals surface area (Å²) in [7, 11) is 0. The van der Waals surface area contributed by atoms with E-state index in [9.17, 15) is 4.79 Å². The summed E-state index contributed by atoms with van der Waals surface area (Å²) >= 11 is 1.68. The Hall–Kier alpha value is -2.52. The van der Waals surface area contributed by atoms with E-state index in [2.05, 4.69) is 26.4 Å². The Balaban J connectivity index is 1.52. The van der Waals surface area contributed by atoms with Gasteiger partial charge in [-0.05, 0) is 24.6 Å². The van der Waals surface area contributed by atoms with E-state index >= 15 is 0 Å². The molecule has 128 valence electrons. The van der Waals surface area contributed by atoms with Crippen molar-refractivity contribution in [3.63, 3.8) is 0 Å². The summed E-state index contributed by atoms with van der Waals surface area (Å²) in [5.74, 6) is 2.53. The van der Waals surface area contributed by atoms with Gasteiger partial charge in [0.15, 0.2) is 5.66 Å². The van der Waals surface area contributed by atoms with Gasteiger partial charge in [0.05, 0.1) is 5.01 Å². The number of terminal acetylenes is 1. The molecule has 0 radical (unpaired) electrons. The number of rotatable bonds is 8. The van der Waals surface area contributed by atoms with Gasteiger partial charge in [0.1, 0.15) is 0 Å². The van der Waals surface area contributed by atoms with E-state index in [4.69, 9.17) is 6.42 Å². The molecule has 2 aromatic rings. The molecule has 1 aliphatic heterocycles. The van der Waals surface area contributed by atoms with Crippen molar-refractivity contribution in [2.75, 3.05) is 6.54 Å². The summed E-state index contributed by atoms with van der Waals surface area (Å²) in [6.45, 7) is 2.53. The molecule has 1 N–H and O–H groups in total. The van der Waals surface area contributed by atoms with Gasteiger partial charge >= 0.3 is 0 Å². The highest BCUT2D eigenvalue weighted by atomic mass is 32.1. The van der Waals surface area contributed by atoms with E-state index in [0.717, 1.165) is 23.4 Å². The predicted octanol–water partition coefficient (Wildman–Crippen LogP) is 3.74. The lowest BCUT2D eigenvalue weighted by atomic mass is 10.0. The maximum Gasteiger partial charge on any atom is 0.251 e. The summed E-state index contributed by atoms with van der Waals surface area (Å²) in [6, 6.07) is 7.71. The van der Waals surface area contributed by atoms with Gasteiger partial charge in [0, 0.05) is 48.9 Å². The SMILES string of the molecule is C#CCCC1(CCNC(=O)c2cccc(Cc3cnc(C)s3)c2)N=N1. The van der Waals surface area contributed by atoms with Gasteiger partial charge in [-0.3, -0.25) is 4.79 Å². The van der Waals surface area contributed by atoms with Crippen molar-refractivity contribution in [3.8, 4) is 12.3 Å². The molecule has 0 saturated carbocycles. The number of hydrogen-bond donors (Lipinski definition) is 1. The first-order valence-corrected chi connectivity index (χ1v) is 9.08. The number of nitrogens with zero attached hydrogens (tertiary/aromatic N) is 3. The fourth-order valence-corrected chi connectivity index (χ4v) is 3.49. The summed E-state index contributed by atoms with van der Waals surface area (Å²) in [5, 5.41) is 12.2. The molecule has 25 heavy (non-hydrogen) atoms. The van der Waals surface area contributed by atoms with Crippen molar-refractivity contribution in [1.29, 1.82) is 0 Å². The largest absolute Gasteiger partial charge is 0.352 e. The first-order valence-electron chi connectivity index (χ1n) is 8.26. The highest BCUT2D eigenvalue weighted by Gasteiger charge is 2.38. The summed E-state index contributed by atoms with van der Waals surface area (Å²) < 4.78 is 0. The van der Waals surface area contributed by atoms with Crippen LogP contribution >= 0.6 is 11.3 Å². The van der Waals surface area contributed by atoms with Gasteiger partial charge in [-0.15, -0.1) is 23.7 Å². The minimum absolute atomic E-state index is 0.0740. The molecule has 1 aromatic carbocycles. The molecule has 0 saturated heterocycles. The highest BCUT2D eigenvalue weighted by molar-refractivity contribution is 7.11. The average Bonchev–Trinajstić information content (AvgIpc) is 3.27. The molecule has 0 aliphatic carbocycles. The molecule has 0 bridgehead atoms. The molecule has 0 fully saturated rings. The Morgan fingerprint density at radius 2 is 2.20 bits per heavy atom. The van der Waals surface area contributed by atoms with Crippen molar-refractivity contribution < 1.29 is 4.79 Å². The topological polar surface area (TPSA) is 66.7 Å². The average molecular weight is 352 g/mol. The second kappa shape index (κ2) is 7.58. The van der Waals surface area contributed by atoms with Crippen molar-refractivity contribution >= 4 is 17.2 Å². The van der Waals surface area contributed by atoms with Crippen molar-refractivity contribution in [3.05, 3.63) is 51.5 Å². The molecule has 0 spiro atoms. The fourth-order valence-electron chi connectivity index (χ4n) is 2.66. The van der Waals surface area contributed by atoms with Crippen molar-refractivity contribution in [1.82, 2.24) is 10.3 Å². The fraction of sp³-hybridized carbons (Fsp3) is 0.368. The number of carbonyl (C=O) groups excluding carboxylic acids is 1. The Morgan fingerprint density at radius 1 is 1.36 bits per heavy atom. The second-order valence-electron chi connectivity index (χ2n) is 6.12. The third kappa shape index (κ3) is 4.74. The molecule has 3 rings (SSSR count). The van der Waals surface area contributed by atoms with E-state index in [1.807, 2.05) is 37.4 Å².